The lowest BCUT2D eigenvalue weighted by atomic mass is 10.1. The molecule has 30 heavy (non-hydrogen) atoms. The summed E-state index contributed by atoms with van der Waals surface area (Å²) in [4.78, 5) is 22.5. The Morgan fingerprint density at radius 3 is 2.80 bits per heavy atom. The summed E-state index contributed by atoms with van der Waals surface area (Å²) in [5.41, 5.74) is 6.00. The third-order valence-corrected chi connectivity index (χ3v) is 6.90. The van der Waals surface area contributed by atoms with Crippen LogP contribution in [0, 0.1) is 13.8 Å². The van der Waals surface area contributed by atoms with Gasteiger partial charge in [-0.05, 0) is 55.8 Å². The Morgan fingerprint density at radius 1 is 1.17 bits per heavy atom. The lowest BCUT2D eigenvalue weighted by Gasteiger charge is -2.11. The molecule has 8 heteroatoms. The monoisotopic (exact) mass is 453 g/mol. The predicted octanol–water partition coefficient (Wildman–Crippen LogP) is 6.20. The first kappa shape index (κ1) is 20.6. The Hall–Kier alpha value is -2.68. The van der Waals surface area contributed by atoms with E-state index in [1.165, 1.54) is 11.3 Å². The second kappa shape index (κ2) is 9.42. The molecular formula is C22H19N3O2S3. The van der Waals surface area contributed by atoms with Crippen molar-refractivity contribution in [2.75, 3.05) is 5.32 Å². The zero-order valence-corrected chi connectivity index (χ0v) is 18.9. The number of benzene rings is 2. The number of nitrogens with one attached hydrogen (secondary N) is 1. The second-order valence-electron chi connectivity index (χ2n) is 6.58. The molecule has 0 saturated carbocycles. The fourth-order valence-electron chi connectivity index (χ4n) is 2.71. The summed E-state index contributed by atoms with van der Waals surface area (Å²) in [5.74, 6) is 0.464. The molecule has 4 rings (SSSR count). The number of aryl methyl sites for hydroxylation is 2. The van der Waals surface area contributed by atoms with Gasteiger partial charge in [0.1, 0.15) is 12.4 Å². The van der Waals surface area contributed by atoms with Crippen LogP contribution in [-0.2, 0) is 6.61 Å². The summed E-state index contributed by atoms with van der Waals surface area (Å²) in [6, 6.07) is 13.1. The molecule has 1 amide bonds. The van der Waals surface area contributed by atoms with Gasteiger partial charge in [0.2, 0.25) is 0 Å². The van der Waals surface area contributed by atoms with E-state index in [1.54, 1.807) is 40.7 Å². The quantitative estimate of drug-likeness (QED) is 0.361. The fourth-order valence-corrected chi connectivity index (χ4v) is 5.16. The Bertz CT molecular complexity index is 1160. The van der Waals surface area contributed by atoms with Crippen LogP contribution < -0.4 is 10.1 Å². The molecule has 2 aromatic carbocycles. The van der Waals surface area contributed by atoms with Crippen LogP contribution in [0.1, 0.15) is 27.3 Å². The highest BCUT2D eigenvalue weighted by Crippen LogP contribution is 2.32. The third-order valence-electron chi connectivity index (χ3n) is 4.22. The number of carbonyl (C=O) groups is 1. The topological polar surface area (TPSA) is 64.1 Å². The van der Waals surface area contributed by atoms with Crippen LogP contribution in [0.3, 0.4) is 0 Å². The molecule has 1 N–H and O–H groups in total. The Kier molecular flexibility index (Phi) is 6.47. The number of anilines is 1. The number of rotatable bonds is 7. The van der Waals surface area contributed by atoms with Gasteiger partial charge in [-0.2, -0.15) is 0 Å². The molecule has 2 heterocycles. The number of ether oxygens (including phenoxy) is 1. The first-order valence-corrected chi connectivity index (χ1v) is 11.8. The van der Waals surface area contributed by atoms with E-state index in [2.05, 4.69) is 21.4 Å². The average Bonchev–Trinajstić information content (AvgIpc) is 3.40. The highest BCUT2D eigenvalue weighted by Gasteiger charge is 2.11. The van der Waals surface area contributed by atoms with Gasteiger partial charge in [0.25, 0.3) is 5.91 Å². The number of hydrogen-bond donors (Lipinski definition) is 1. The lowest BCUT2D eigenvalue weighted by Crippen LogP contribution is -2.13. The first-order chi connectivity index (χ1) is 14.6. The maximum Gasteiger partial charge on any atom is 0.255 e. The summed E-state index contributed by atoms with van der Waals surface area (Å²) in [6.45, 7) is 4.36. The third kappa shape index (κ3) is 5.27. The second-order valence-corrected chi connectivity index (χ2v) is 9.48. The molecule has 0 spiro atoms. The largest absolute Gasteiger partial charge is 0.487 e. The van der Waals surface area contributed by atoms with Crippen LogP contribution >= 0.6 is 34.4 Å². The average molecular weight is 454 g/mol. The standard InChI is InChI=1S/C22H19N3O2S3/c1-14-8-19(30-22-24-15(2)11-29-22)6-7-20(14)25-21(26)16-4-3-5-18(9-16)27-10-17-12-28-13-23-17/h3-9,11-13H,10H2,1-2H3,(H,25,26). The molecule has 152 valence electrons. The van der Waals surface area contributed by atoms with Crippen molar-refractivity contribution in [2.24, 2.45) is 0 Å². The molecule has 0 aliphatic carbocycles. The van der Waals surface area contributed by atoms with Crippen molar-refractivity contribution in [3.8, 4) is 5.75 Å². The van der Waals surface area contributed by atoms with Crippen LogP contribution in [0.4, 0.5) is 5.69 Å². The van der Waals surface area contributed by atoms with E-state index >= 15 is 0 Å². The molecule has 0 radical (unpaired) electrons. The molecule has 2 aromatic heterocycles. The molecule has 0 aliphatic heterocycles. The van der Waals surface area contributed by atoms with Gasteiger partial charge in [0, 0.05) is 32.6 Å². The Balaban J connectivity index is 1.41. The van der Waals surface area contributed by atoms with E-state index in [0.717, 1.165) is 31.9 Å². The van der Waals surface area contributed by atoms with Crippen LogP contribution in [0.2, 0.25) is 0 Å². The zero-order chi connectivity index (χ0) is 20.9. The highest BCUT2D eigenvalue weighted by molar-refractivity contribution is 8.01. The van der Waals surface area contributed by atoms with Gasteiger partial charge in [-0.25, -0.2) is 9.97 Å². The molecule has 5 nitrogen and oxygen atoms in total. The summed E-state index contributed by atoms with van der Waals surface area (Å²) in [5, 5.41) is 6.97. The SMILES string of the molecule is Cc1csc(Sc2ccc(NC(=O)c3cccc(OCc4cscn4)c3)c(C)c2)n1. The molecule has 0 atom stereocenters. The summed E-state index contributed by atoms with van der Waals surface area (Å²) in [7, 11) is 0. The van der Waals surface area contributed by atoms with Crippen LogP contribution in [-0.4, -0.2) is 15.9 Å². The first-order valence-electron chi connectivity index (χ1n) is 9.19. The van der Waals surface area contributed by atoms with Gasteiger partial charge in [0.15, 0.2) is 4.34 Å². The van der Waals surface area contributed by atoms with Crippen molar-refractivity contribution in [1.82, 2.24) is 9.97 Å². The molecular weight excluding hydrogens is 434 g/mol. The van der Waals surface area contributed by atoms with Crippen LogP contribution in [0.5, 0.6) is 5.75 Å². The number of amides is 1. The molecule has 0 bridgehead atoms. The van der Waals surface area contributed by atoms with Crippen molar-refractivity contribution in [3.63, 3.8) is 0 Å². The molecule has 0 unspecified atom stereocenters. The number of nitrogens with zero attached hydrogens (tertiary/aromatic N) is 2. The lowest BCUT2D eigenvalue weighted by molar-refractivity contribution is 0.102. The maximum absolute atomic E-state index is 12.7. The minimum Gasteiger partial charge on any atom is -0.487 e. The minimum atomic E-state index is -0.173. The van der Waals surface area contributed by atoms with E-state index in [-0.39, 0.29) is 5.91 Å². The minimum absolute atomic E-state index is 0.173. The molecule has 4 aromatic rings. The van der Waals surface area contributed by atoms with E-state index in [1.807, 2.05) is 48.9 Å². The summed E-state index contributed by atoms with van der Waals surface area (Å²) < 4.78 is 6.76. The number of thiazole rings is 2. The maximum atomic E-state index is 12.7. The van der Waals surface area contributed by atoms with Crippen molar-refractivity contribution in [1.29, 1.82) is 0 Å². The number of hydrogen-bond acceptors (Lipinski definition) is 7. The van der Waals surface area contributed by atoms with Crippen molar-refractivity contribution in [2.45, 2.75) is 29.7 Å². The smallest absolute Gasteiger partial charge is 0.255 e. The fraction of sp³-hybridized carbons (Fsp3) is 0.136. The molecule has 0 aliphatic rings. The molecule has 0 fully saturated rings. The van der Waals surface area contributed by atoms with E-state index in [0.29, 0.717) is 17.9 Å². The zero-order valence-electron chi connectivity index (χ0n) is 16.4. The Labute approximate surface area is 187 Å². The van der Waals surface area contributed by atoms with Gasteiger partial charge in [-0.15, -0.1) is 22.7 Å². The van der Waals surface area contributed by atoms with E-state index < -0.39 is 0 Å². The van der Waals surface area contributed by atoms with Gasteiger partial charge in [0.05, 0.1) is 11.2 Å². The normalized spacial score (nSPS) is 10.7. The summed E-state index contributed by atoms with van der Waals surface area (Å²) >= 11 is 4.79. The van der Waals surface area contributed by atoms with Gasteiger partial charge in [-0.3, -0.25) is 4.79 Å². The number of carbonyl (C=O) groups excluding carboxylic acids is 1. The van der Waals surface area contributed by atoms with Crippen LogP contribution in [0.15, 0.2) is 68.0 Å². The Morgan fingerprint density at radius 2 is 2.07 bits per heavy atom. The summed E-state index contributed by atoms with van der Waals surface area (Å²) in [6.07, 6.45) is 0. The number of aromatic nitrogens is 2. The van der Waals surface area contributed by atoms with Gasteiger partial charge in [-0.1, -0.05) is 17.8 Å². The highest BCUT2D eigenvalue weighted by atomic mass is 32.2. The molecule has 0 saturated heterocycles. The van der Waals surface area contributed by atoms with E-state index in [4.69, 9.17) is 4.74 Å². The van der Waals surface area contributed by atoms with Gasteiger partial charge >= 0.3 is 0 Å². The van der Waals surface area contributed by atoms with Crippen molar-refractivity contribution >= 4 is 46.0 Å². The van der Waals surface area contributed by atoms with Crippen LogP contribution in [0.25, 0.3) is 0 Å². The van der Waals surface area contributed by atoms with Crippen molar-refractivity contribution < 1.29 is 9.53 Å². The van der Waals surface area contributed by atoms with E-state index in [9.17, 15) is 4.79 Å². The van der Waals surface area contributed by atoms with Crippen molar-refractivity contribution in [3.05, 3.63) is 81.2 Å². The predicted molar refractivity (Wildman–Crippen MR) is 123 cm³/mol. The van der Waals surface area contributed by atoms with Gasteiger partial charge < -0.3 is 10.1 Å².